The number of halogens is 1. The van der Waals surface area contributed by atoms with Crippen molar-refractivity contribution in [2.24, 2.45) is 17.8 Å². The molecule has 2 amide bonds. The number of hydrogen-bond acceptors (Lipinski definition) is 4. The highest BCUT2D eigenvalue weighted by molar-refractivity contribution is 5.85. The van der Waals surface area contributed by atoms with Crippen molar-refractivity contribution in [2.45, 2.75) is 63.5 Å². The van der Waals surface area contributed by atoms with Crippen LogP contribution in [0.4, 0.5) is 0 Å². The van der Waals surface area contributed by atoms with E-state index in [0.29, 0.717) is 18.5 Å². The van der Waals surface area contributed by atoms with Gasteiger partial charge in [0, 0.05) is 19.1 Å². The summed E-state index contributed by atoms with van der Waals surface area (Å²) in [5.74, 6) is 2.31. The van der Waals surface area contributed by atoms with Gasteiger partial charge in [-0.3, -0.25) is 14.5 Å². The van der Waals surface area contributed by atoms with Gasteiger partial charge in [0.2, 0.25) is 11.8 Å². The maximum absolute atomic E-state index is 12.5. The average molecular weight is 399 g/mol. The maximum Gasteiger partial charge on any atom is 0.237 e. The Morgan fingerprint density at radius 1 is 1.04 bits per heavy atom. The summed E-state index contributed by atoms with van der Waals surface area (Å²) >= 11 is 0. The summed E-state index contributed by atoms with van der Waals surface area (Å²) in [5, 5.41) is 9.70. The van der Waals surface area contributed by atoms with Gasteiger partial charge in [-0.1, -0.05) is 0 Å². The first-order chi connectivity index (χ1) is 12.7. The molecule has 2 aliphatic carbocycles. The van der Waals surface area contributed by atoms with Crippen molar-refractivity contribution < 1.29 is 9.59 Å². The van der Waals surface area contributed by atoms with E-state index in [4.69, 9.17) is 0 Å². The van der Waals surface area contributed by atoms with E-state index in [9.17, 15) is 9.59 Å². The highest BCUT2D eigenvalue weighted by Gasteiger charge is 2.42. The molecule has 2 unspecified atom stereocenters. The van der Waals surface area contributed by atoms with Crippen LogP contribution in [-0.4, -0.2) is 61.5 Å². The van der Waals surface area contributed by atoms with Crippen LogP contribution in [0.2, 0.25) is 0 Å². The minimum atomic E-state index is 0. The maximum atomic E-state index is 12.5. The zero-order valence-electron chi connectivity index (χ0n) is 16.3. The molecule has 2 heterocycles. The normalized spacial score (nSPS) is 28.6. The van der Waals surface area contributed by atoms with Gasteiger partial charge in [-0.05, 0) is 82.2 Å². The van der Waals surface area contributed by atoms with Crippen LogP contribution in [0.5, 0.6) is 0 Å². The fourth-order valence-corrected chi connectivity index (χ4v) is 4.70. The van der Waals surface area contributed by atoms with Crippen LogP contribution < -0.4 is 16.0 Å². The first kappa shape index (κ1) is 20.9. The lowest BCUT2D eigenvalue weighted by molar-refractivity contribution is -0.125. The van der Waals surface area contributed by atoms with E-state index < -0.39 is 0 Å². The van der Waals surface area contributed by atoms with E-state index in [-0.39, 0.29) is 30.3 Å². The smallest absolute Gasteiger partial charge is 0.237 e. The fourth-order valence-electron chi connectivity index (χ4n) is 4.70. The van der Waals surface area contributed by atoms with Gasteiger partial charge in [-0.25, -0.2) is 0 Å². The second-order valence-corrected chi connectivity index (χ2v) is 8.91. The van der Waals surface area contributed by atoms with Crippen molar-refractivity contribution in [3.05, 3.63) is 0 Å². The van der Waals surface area contributed by atoms with Crippen LogP contribution >= 0.6 is 12.4 Å². The Balaban J connectivity index is 0.00000210. The summed E-state index contributed by atoms with van der Waals surface area (Å²) in [4.78, 5) is 26.9. The third-order valence-corrected chi connectivity index (χ3v) is 6.50. The Hall–Kier alpha value is -0.850. The summed E-state index contributed by atoms with van der Waals surface area (Å²) in [5.41, 5.74) is 0. The second kappa shape index (κ2) is 9.57. The van der Waals surface area contributed by atoms with Crippen molar-refractivity contribution in [2.75, 3.05) is 32.7 Å². The fraction of sp³-hybridized carbons (Fsp3) is 0.900. The van der Waals surface area contributed by atoms with Gasteiger partial charge in [-0.15, -0.1) is 12.4 Å². The molecule has 4 rings (SSSR count). The molecule has 154 valence electrons. The molecule has 2 atom stereocenters. The predicted molar refractivity (Wildman–Crippen MR) is 108 cm³/mol. The molecule has 4 aliphatic rings. The van der Waals surface area contributed by atoms with E-state index in [2.05, 4.69) is 20.9 Å². The predicted octanol–water partition coefficient (Wildman–Crippen LogP) is 1.29. The molecule has 4 fully saturated rings. The summed E-state index contributed by atoms with van der Waals surface area (Å²) in [6, 6.07) is 0.448. The molecule has 0 aromatic carbocycles. The Kier molecular flexibility index (Phi) is 7.40. The largest absolute Gasteiger partial charge is 0.354 e. The zero-order chi connectivity index (χ0) is 17.9. The zero-order valence-corrected chi connectivity index (χ0v) is 17.1. The van der Waals surface area contributed by atoms with Crippen LogP contribution in [0.15, 0.2) is 0 Å². The number of carbonyl (C=O) groups is 2. The van der Waals surface area contributed by atoms with Crippen molar-refractivity contribution >= 4 is 24.2 Å². The molecular weight excluding hydrogens is 364 g/mol. The second-order valence-electron chi connectivity index (χ2n) is 8.91. The summed E-state index contributed by atoms with van der Waals surface area (Å²) in [6.45, 7) is 4.13. The lowest BCUT2D eigenvalue weighted by Gasteiger charge is -2.33. The number of likely N-dealkylation sites (tertiary alicyclic amines) is 1. The number of amides is 2. The molecule has 7 heteroatoms. The van der Waals surface area contributed by atoms with E-state index in [1.165, 1.54) is 25.7 Å². The van der Waals surface area contributed by atoms with Crippen LogP contribution in [0.3, 0.4) is 0 Å². The minimum Gasteiger partial charge on any atom is -0.354 e. The van der Waals surface area contributed by atoms with Gasteiger partial charge in [-0.2, -0.15) is 0 Å². The van der Waals surface area contributed by atoms with E-state index in [1.807, 2.05) is 0 Å². The van der Waals surface area contributed by atoms with Crippen LogP contribution in [-0.2, 0) is 9.59 Å². The molecule has 0 aromatic rings. The summed E-state index contributed by atoms with van der Waals surface area (Å²) in [7, 11) is 0. The number of piperidine rings is 1. The number of nitrogens with one attached hydrogen (secondary N) is 3. The molecule has 2 aliphatic heterocycles. The molecular formula is C20H35ClN4O2. The van der Waals surface area contributed by atoms with Crippen molar-refractivity contribution in [3.63, 3.8) is 0 Å². The standard InChI is InChI=1S/C20H34N4O2.ClH/c25-18(23-19(15-5-6-15)16-7-8-16)13-24-10-2-3-14(12-24)11-22-20(26)17-4-1-9-21-17;/h14-17,19,21H,1-13H2,(H,22,26)(H,23,25);1H. The monoisotopic (exact) mass is 398 g/mol. The van der Waals surface area contributed by atoms with Gasteiger partial charge in [0.1, 0.15) is 0 Å². The van der Waals surface area contributed by atoms with Crippen LogP contribution in [0, 0.1) is 17.8 Å². The lowest BCUT2D eigenvalue weighted by atomic mass is 9.97. The molecule has 2 saturated carbocycles. The molecule has 0 bridgehead atoms. The van der Waals surface area contributed by atoms with Crippen LogP contribution in [0.25, 0.3) is 0 Å². The Morgan fingerprint density at radius 3 is 2.41 bits per heavy atom. The molecule has 3 N–H and O–H groups in total. The highest BCUT2D eigenvalue weighted by atomic mass is 35.5. The SMILES string of the molecule is Cl.O=C(CN1CCCC(CNC(=O)C2CCCN2)C1)NC(C1CC1)C1CC1. The minimum absolute atomic E-state index is 0. The summed E-state index contributed by atoms with van der Waals surface area (Å²) in [6.07, 6.45) is 9.48. The van der Waals surface area contributed by atoms with Gasteiger partial charge < -0.3 is 16.0 Å². The number of carbonyl (C=O) groups excluding carboxylic acids is 2. The molecule has 6 nitrogen and oxygen atoms in total. The van der Waals surface area contributed by atoms with Gasteiger partial charge >= 0.3 is 0 Å². The van der Waals surface area contributed by atoms with Crippen molar-refractivity contribution in [1.29, 1.82) is 0 Å². The average Bonchev–Trinajstić information content (AvgIpc) is 3.57. The first-order valence-electron chi connectivity index (χ1n) is 10.7. The van der Waals surface area contributed by atoms with E-state index in [0.717, 1.165) is 63.7 Å². The van der Waals surface area contributed by atoms with Crippen LogP contribution in [0.1, 0.15) is 51.4 Å². The number of hydrogen-bond donors (Lipinski definition) is 3. The molecule has 27 heavy (non-hydrogen) atoms. The number of rotatable bonds is 8. The quantitative estimate of drug-likeness (QED) is 0.576. The Labute approximate surface area is 169 Å². The number of nitrogens with zero attached hydrogens (tertiary/aromatic N) is 1. The Morgan fingerprint density at radius 2 is 1.78 bits per heavy atom. The van der Waals surface area contributed by atoms with Gasteiger partial charge in [0.05, 0.1) is 12.6 Å². The first-order valence-corrected chi connectivity index (χ1v) is 10.7. The molecule has 0 spiro atoms. The third kappa shape index (κ3) is 6.06. The topological polar surface area (TPSA) is 73.5 Å². The van der Waals surface area contributed by atoms with Gasteiger partial charge in [0.25, 0.3) is 0 Å². The lowest BCUT2D eigenvalue weighted by Crippen LogP contribution is -2.49. The molecule has 0 aromatic heterocycles. The molecule has 2 saturated heterocycles. The third-order valence-electron chi connectivity index (χ3n) is 6.50. The van der Waals surface area contributed by atoms with E-state index >= 15 is 0 Å². The highest BCUT2D eigenvalue weighted by Crippen LogP contribution is 2.44. The van der Waals surface area contributed by atoms with Crippen molar-refractivity contribution in [1.82, 2.24) is 20.9 Å². The van der Waals surface area contributed by atoms with Crippen molar-refractivity contribution in [3.8, 4) is 0 Å². The van der Waals surface area contributed by atoms with E-state index in [1.54, 1.807) is 0 Å². The summed E-state index contributed by atoms with van der Waals surface area (Å²) < 4.78 is 0. The Bertz CT molecular complexity index is 506. The van der Waals surface area contributed by atoms with Gasteiger partial charge in [0.15, 0.2) is 0 Å². The molecule has 0 radical (unpaired) electrons.